The monoisotopic (exact) mass is 154 g/mol. The summed E-state index contributed by atoms with van der Waals surface area (Å²) in [6, 6.07) is 1.12. The van der Waals surface area contributed by atoms with Crippen LogP contribution in [-0.4, -0.2) is 30.4 Å². The molecule has 0 bridgehead atoms. The van der Waals surface area contributed by atoms with Crippen molar-refractivity contribution in [3.63, 3.8) is 0 Å². The molecule has 2 heteroatoms. The second kappa shape index (κ2) is 3.24. The van der Waals surface area contributed by atoms with Gasteiger partial charge in [0.1, 0.15) is 0 Å². The van der Waals surface area contributed by atoms with E-state index in [9.17, 15) is 0 Å². The van der Waals surface area contributed by atoms with Crippen LogP contribution in [0, 0.1) is 5.92 Å². The summed E-state index contributed by atoms with van der Waals surface area (Å²) < 4.78 is 0. The first kappa shape index (κ1) is 8.57. The van der Waals surface area contributed by atoms with Crippen LogP contribution >= 0.6 is 0 Å². The topological polar surface area (TPSA) is 15.6 Å². The first-order valence-electron chi connectivity index (χ1n) is 4.36. The van der Waals surface area contributed by atoms with Gasteiger partial charge in [-0.1, -0.05) is 13.8 Å². The molecule has 0 aromatic rings. The van der Waals surface area contributed by atoms with E-state index in [4.69, 9.17) is 0 Å². The molecule has 0 spiro atoms. The van der Waals surface area contributed by atoms with Crippen LogP contribution in [-0.2, 0) is 0 Å². The van der Waals surface area contributed by atoms with Crippen molar-refractivity contribution in [2.24, 2.45) is 10.9 Å². The van der Waals surface area contributed by atoms with Crippen molar-refractivity contribution in [3.8, 4) is 0 Å². The Labute approximate surface area is 69.3 Å². The maximum atomic E-state index is 4.44. The third-order valence-corrected chi connectivity index (χ3v) is 2.35. The van der Waals surface area contributed by atoms with Gasteiger partial charge < -0.3 is 4.90 Å². The number of likely N-dealkylation sites (N-methyl/N-ethyl adjacent to an activating group) is 1. The quantitative estimate of drug-likeness (QED) is 0.592. The molecule has 0 amide bonds. The van der Waals surface area contributed by atoms with E-state index >= 15 is 0 Å². The largest absolute Gasteiger partial charge is 0.361 e. The summed E-state index contributed by atoms with van der Waals surface area (Å²) in [5, 5.41) is 0. The van der Waals surface area contributed by atoms with Gasteiger partial charge in [-0.15, -0.1) is 0 Å². The van der Waals surface area contributed by atoms with E-state index in [0.29, 0.717) is 12.1 Å². The third-order valence-electron chi connectivity index (χ3n) is 2.35. The van der Waals surface area contributed by atoms with Gasteiger partial charge in [0.15, 0.2) is 0 Å². The van der Waals surface area contributed by atoms with E-state index in [0.717, 1.165) is 5.92 Å². The summed E-state index contributed by atoms with van der Waals surface area (Å²) in [6.07, 6.45) is 3.17. The highest BCUT2D eigenvalue weighted by molar-refractivity contribution is 5.58. The zero-order valence-corrected chi connectivity index (χ0v) is 7.91. The minimum atomic E-state index is 0.528. The zero-order chi connectivity index (χ0) is 8.43. The van der Waals surface area contributed by atoms with Crippen LogP contribution in [0.3, 0.4) is 0 Å². The van der Waals surface area contributed by atoms with E-state index in [1.165, 1.54) is 6.42 Å². The van der Waals surface area contributed by atoms with Gasteiger partial charge >= 0.3 is 0 Å². The van der Waals surface area contributed by atoms with E-state index in [1.54, 1.807) is 0 Å². The summed E-state index contributed by atoms with van der Waals surface area (Å²) in [6.45, 7) is 6.74. The lowest BCUT2D eigenvalue weighted by atomic mass is 9.99. The second-order valence-corrected chi connectivity index (χ2v) is 3.87. The molecule has 64 valence electrons. The third kappa shape index (κ3) is 1.95. The summed E-state index contributed by atoms with van der Waals surface area (Å²) in [4.78, 5) is 6.63. The smallest absolute Gasteiger partial charge is 0.0854 e. The Balaban J connectivity index is 2.43. The molecule has 0 aromatic carbocycles. The van der Waals surface area contributed by atoms with Gasteiger partial charge in [0.05, 0.1) is 12.4 Å². The lowest BCUT2D eigenvalue weighted by molar-refractivity contribution is 0.346. The highest BCUT2D eigenvalue weighted by Gasteiger charge is 2.24. The summed E-state index contributed by atoms with van der Waals surface area (Å²) in [7, 11) is 2.09. The van der Waals surface area contributed by atoms with Crippen LogP contribution in [0.2, 0.25) is 0 Å². The molecule has 2 nitrogen and oxygen atoms in total. The van der Waals surface area contributed by atoms with Crippen LogP contribution in [0.25, 0.3) is 0 Å². The first-order chi connectivity index (χ1) is 5.11. The molecule has 2 atom stereocenters. The highest BCUT2D eigenvalue weighted by Crippen LogP contribution is 2.18. The molecule has 1 rings (SSSR count). The van der Waals surface area contributed by atoms with Crippen molar-refractivity contribution in [1.29, 1.82) is 0 Å². The van der Waals surface area contributed by atoms with E-state index < -0.39 is 0 Å². The molecule has 0 saturated carbocycles. The van der Waals surface area contributed by atoms with E-state index in [-0.39, 0.29) is 0 Å². The van der Waals surface area contributed by atoms with Crippen molar-refractivity contribution < 1.29 is 0 Å². The van der Waals surface area contributed by atoms with Gasteiger partial charge in [-0.05, 0) is 19.3 Å². The first-order valence-corrected chi connectivity index (χ1v) is 4.36. The second-order valence-electron chi connectivity index (χ2n) is 3.87. The molecule has 1 unspecified atom stereocenters. The lowest BCUT2D eigenvalue weighted by Crippen LogP contribution is -2.31. The maximum absolute atomic E-state index is 4.44. The minimum Gasteiger partial charge on any atom is -0.361 e. The molecule has 0 aliphatic carbocycles. The average molecular weight is 154 g/mol. The molecule has 0 aromatic heterocycles. The Morgan fingerprint density at radius 3 is 2.55 bits per heavy atom. The normalized spacial score (nSPS) is 30.5. The molecule has 1 aliphatic heterocycles. The minimum absolute atomic E-state index is 0.528. The highest BCUT2D eigenvalue weighted by atomic mass is 15.2. The predicted octanol–water partition coefficient (Wildman–Crippen LogP) is 1.76. The number of hydrogen-bond acceptors (Lipinski definition) is 2. The zero-order valence-electron chi connectivity index (χ0n) is 7.91. The van der Waals surface area contributed by atoms with Crippen LogP contribution < -0.4 is 0 Å². The number of nitrogens with zero attached hydrogens (tertiary/aromatic N) is 2. The van der Waals surface area contributed by atoms with Crippen molar-refractivity contribution in [2.75, 3.05) is 7.05 Å². The summed E-state index contributed by atoms with van der Waals surface area (Å²) >= 11 is 0. The Hall–Kier alpha value is -0.530. The molecular weight excluding hydrogens is 136 g/mol. The molecule has 0 fully saturated rings. The van der Waals surface area contributed by atoms with Gasteiger partial charge in [-0.25, -0.2) is 0 Å². The van der Waals surface area contributed by atoms with E-state index in [1.807, 2.05) is 6.34 Å². The van der Waals surface area contributed by atoms with E-state index in [2.05, 4.69) is 37.7 Å². The van der Waals surface area contributed by atoms with Gasteiger partial charge in [-0.3, -0.25) is 4.99 Å². The van der Waals surface area contributed by atoms with Crippen LogP contribution in [0.4, 0.5) is 0 Å². The Morgan fingerprint density at radius 1 is 1.55 bits per heavy atom. The molecule has 11 heavy (non-hydrogen) atoms. The van der Waals surface area contributed by atoms with Gasteiger partial charge in [-0.2, -0.15) is 0 Å². The van der Waals surface area contributed by atoms with Gasteiger partial charge in [0, 0.05) is 13.1 Å². The van der Waals surface area contributed by atoms with Crippen LogP contribution in [0.15, 0.2) is 4.99 Å². The van der Waals surface area contributed by atoms with Crippen molar-refractivity contribution in [3.05, 3.63) is 0 Å². The van der Waals surface area contributed by atoms with Crippen LogP contribution in [0.5, 0.6) is 0 Å². The average Bonchev–Trinajstić information content (AvgIpc) is 2.18. The number of rotatable bonds is 2. The maximum Gasteiger partial charge on any atom is 0.0854 e. The lowest BCUT2D eigenvalue weighted by Gasteiger charge is -2.21. The predicted molar refractivity (Wildman–Crippen MR) is 49.0 cm³/mol. The fraction of sp³-hybridized carbons (Fsp3) is 0.889. The number of hydrogen-bond donors (Lipinski definition) is 0. The van der Waals surface area contributed by atoms with Crippen molar-refractivity contribution >= 4 is 6.34 Å². The molecule has 0 N–H and O–H groups in total. The summed E-state index contributed by atoms with van der Waals surface area (Å²) in [5.74, 6) is 0.756. The Morgan fingerprint density at radius 2 is 2.18 bits per heavy atom. The Kier molecular flexibility index (Phi) is 2.53. The molecule has 1 heterocycles. The number of aliphatic imine (C=N–C) groups is 1. The fourth-order valence-corrected chi connectivity index (χ4v) is 1.43. The standard InChI is InChI=1S/C9H18N2/c1-7(2)5-9-8(3)11(4)6-10-9/h6-9H,5H2,1-4H3/t8-,9?/m0/s1. The van der Waals surface area contributed by atoms with Crippen molar-refractivity contribution in [1.82, 2.24) is 4.90 Å². The molecule has 0 radical (unpaired) electrons. The SMILES string of the molecule is CC(C)CC1N=CN(C)[C@H]1C. The molecule has 1 aliphatic rings. The van der Waals surface area contributed by atoms with Crippen molar-refractivity contribution in [2.45, 2.75) is 39.3 Å². The molecule has 0 saturated heterocycles. The molecular formula is C9H18N2. The summed E-state index contributed by atoms with van der Waals surface area (Å²) in [5.41, 5.74) is 0. The van der Waals surface area contributed by atoms with Gasteiger partial charge in [0.2, 0.25) is 0 Å². The fourth-order valence-electron chi connectivity index (χ4n) is 1.43. The van der Waals surface area contributed by atoms with Gasteiger partial charge in [0.25, 0.3) is 0 Å². The van der Waals surface area contributed by atoms with Crippen LogP contribution in [0.1, 0.15) is 27.2 Å². The Bertz CT molecular complexity index is 152.